The van der Waals surface area contributed by atoms with E-state index >= 15 is 0 Å². The maximum Gasteiger partial charge on any atom is 0.248 e. The van der Waals surface area contributed by atoms with E-state index in [1.807, 2.05) is 0 Å². The van der Waals surface area contributed by atoms with Crippen LogP contribution in [0.1, 0.15) is 6.42 Å². The second kappa shape index (κ2) is 5.95. The molecule has 0 aromatic heterocycles. The van der Waals surface area contributed by atoms with Crippen molar-refractivity contribution in [2.75, 3.05) is 45.9 Å². The SMILES string of the molecule is O=C(CO)N1CCN(CCCO)CC1. The molecule has 0 bridgehead atoms. The first-order valence-electron chi connectivity index (χ1n) is 4.99. The first kappa shape index (κ1) is 11.4. The molecule has 1 aliphatic heterocycles. The molecule has 0 spiro atoms. The molecule has 0 radical (unpaired) electrons. The topological polar surface area (TPSA) is 64.0 Å². The van der Waals surface area contributed by atoms with E-state index in [1.54, 1.807) is 4.90 Å². The Morgan fingerprint density at radius 1 is 1.14 bits per heavy atom. The molecule has 0 atom stereocenters. The molecule has 0 aromatic rings. The Morgan fingerprint density at radius 2 is 1.79 bits per heavy atom. The molecule has 0 saturated carbocycles. The molecule has 1 amide bonds. The summed E-state index contributed by atoms with van der Waals surface area (Å²) < 4.78 is 0. The van der Waals surface area contributed by atoms with Crippen molar-refractivity contribution in [2.45, 2.75) is 6.42 Å². The summed E-state index contributed by atoms with van der Waals surface area (Å²) in [5.41, 5.74) is 0. The quantitative estimate of drug-likeness (QED) is 0.582. The van der Waals surface area contributed by atoms with Crippen LogP contribution in [-0.4, -0.2) is 71.9 Å². The van der Waals surface area contributed by atoms with Crippen LogP contribution in [0.2, 0.25) is 0 Å². The smallest absolute Gasteiger partial charge is 0.248 e. The van der Waals surface area contributed by atoms with Gasteiger partial charge in [-0.15, -0.1) is 0 Å². The average molecular weight is 202 g/mol. The van der Waals surface area contributed by atoms with Crippen molar-refractivity contribution in [1.82, 2.24) is 9.80 Å². The van der Waals surface area contributed by atoms with Crippen LogP contribution in [0.5, 0.6) is 0 Å². The molecule has 1 saturated heterocycles. The summed E-state index contributed by atoms with van der Waals surface area (Å²) in [6, 6.07) is 0. The van der Waals surface area contributed by atoms with Gasteiger partial charge < -0.3 is 15.1 Å². The summed E-state index contributed by atoms with van der Waals surface area (Å²) in [4.78, 5) is 15.0. The molecular weight excluding hydrogens is 184 g/mol. The minimum absolute atomic E-state index is 0.188. The largest absolute Gasteiger partial charge is 0.396 e. The van der Waals surface area contributed by atoms with E-state index in [0.717, 1.165) is 26.1 Å². The average Bonchev–Trinajstić information content (AvgIpc) is 2.26. The molecule has 0 unspecified atom stereocenters. The molecule has 1 heterocycles. The Morgan fingerprint density at radius 3 is 2.29 bits per heavy atom. The molecule has 82 valence electrons. The number of amides is 1. The zero-order valence-corrected chi connectivity index (χ0v) is 8.35. The van der Waals surface area contributed by atoms with Crippen LogP contribution in [0.25, 0.3) is 0 Å². The molecule has 1 fully saturated rings. The Labute approximate surface area is 83.9 Å². The van der Waals surface area contributed by atoms with Gasteiger partial charge in [0, 0.05) is 39.3 Å². The lowest BCUT2D eigenvalue weighted by atomic mass is 10.3. The lowest BCUT2D eigenvalue weighted by Crippen LogP contribution is -2.49. The van der Waals surface area contributed by atoms with Crippen molar-refractivity contribution in [3.8, 4) is 0 Å². The monoisotopic (exact) mass is 202 g/mol. The lowest BCUT2D eigenvalue weighted by Gasteiger charge is -2.34. The highest BCUT2D eigenvalue weighted by Crippen LogP contribution is 2.02. The second-order valence-corrected chi connectivity index (χ2v) is 3.46. The zero-order valence-electron chi connectivity index (χ0n) is 8.35. The predicted molar refractivity (Wildman–Crippen MR) is 51.8 cm³/mol. The van der Waals surface area contributed by atoms with Crippen molar-refractivity contribution in [3.05, 3.63) is 0 Å². The number of hydrogen-bond acceptors (Lipinski definition) is 4. The van der Waals surface area contributed by atoms with Crippen LogP contribution in [0.3, 0.4) is 0 Å². The van der Waals surface area contributed by atoms with E-state index in [1.165, 1.54) is 0 Å². The van der Waals surface area contributed by atoms with E-state index in [4.69, 9.17) is 10.2 Å². The summed E-state index contributed by atoms with van der Waals surface area (Å²) in [6.07, 6.45) is 0.786. The van der Waals surface area contributed by atoms with Gasteiger partial charge in [-0.3, -0.25) is 9.69 Å². The van der Waals surface area contributed by atoms with Gasteiger partial charge in [0.05, 0.1) is 0 Å². The van der Waals surface area contributed by atoms with E-state index in [9.17, 15) is 4.79 Å². The molecular formula is C9H18N2O3. The molecule has 0 aliphatic carbocycles. The Hall–Kier alpha value is -0.650. The van der Waals surface area contributed by atoms with Gasteiger partial charge in [0.1, 0.15) is 6.61 Å². The number of carbonyl (C=O) groups is 1. The number of rotatable bonds is 4. The van der Waals surface area contributed by atoms with Crippen LogP contribution in [0, 0.1) is 0 Å². The lowest BCUT2D eigenvalue weighted by molar-refractivity contribution is -0.135. The summed E-state index contributed by atoms with van der Waals surface area (Å²) in [5, 5.41) is 17.3. The first-order chi connectivity index (χ1) is 6.77. The van der Waals surface area contributed by atoms with Crippen molar-refractivity contribution in [2.24, 2.45) is 0 Å². The van der Waals surface area contributed by atoms with Gasteiger partial charge >= 0.3 is 0 Å². The van der Waals surface area contributed by atoms with Crippen LogP contribution in [-0.2, 0) is 4.79 Å². The maximum absolute atomic E-state index is 11.1. The zero-order chi connectivity index (χ0) is 10.4. The number of aliphatic hydroxyl groups is 2. The van der Waals surface area contributed by atoms with E-state index < -0.39 is 6.61 Å². The summed E-state index contributed by atoms with van der Waals surface area (Å²) in [7, 11) is 0. The van der Waals surface area contributed by atoms with Gasteiger partial charge in [0.15, 0.2) is 0 Å². The minimum Gasteiger partial charge on any atom is -0.396 e. The van der Waals surface area contributed by atoms with Crippen LogP contribution in [0.15, 0.2) is 0 Å². The third kappa shape index (κ3) is 3.25. The van der Waals surface area contributed by atoms with Gasteiger partial charge in [-0.1, -0.05) is 0 Å². The van der Waals surface area contributed by atoms with E-state index in [0.29, 0.717) is 13.1 Å². The summed E-state index contributed by atoms with van der Waals surface area (Å²) in [6.45, 7) is 3.76. The van der Waals surface area contributed by atoms with Crippen molar-refractivity contribution in [3.63, 3.8) is 0 Å². The van der Waals surface area contributed by atoms with Crippen molar-refractivity contribution in [1.29, 1.82) is 0 Å². The van der Waals surface area contributed by atoms with Crippen LogP contribution >= 0.6 is 0 Å². The molecule has 1 aliphatic rings. The number of carbonyl (C=O) groups excluding carboxylic acids is 1. The Balaban J connectivity index is 2.20. The fourth-order valence-electron chi connectivity index (χ4n) is 1.62. The maximum atomic E-state index is 11.1. The molecule has 5 heteroatoms. The predicted octanol–water partition coefficient (Wildman–Crippen LogP) is -1.49. The van der Waals surface area contributed by atoms with E-state index in [-0.39, 0.29) is 12.5 Å². The van der Waals surface area contributed by atoms with E-state index in [2.05, 4.69) is 4.90 Å². The third-order valence-electron chi connectivity index (χ3n) is 2.49. The number of nitrogens with zero attached hydrogens (tertiary/aromatic N) is 2. The first-order valence-corrected chi connectivity index (χ1v) is 4.99. The molecule has 2 N–H and O–H groups in total. The number of hydrogen-bond donors (Lipinski definition) is 2. The van der Waals surface area contributed by atoms with Gasteiger partial charge in [0.2, 0.25) is 5.91 Å². The molecule has 14 heavy (non-hydrogen) atoms. The van der Waals surface area contributed by atoms with Crippen LogP contribution in [0.4, 0.5) is 0 Å². The van der Waals surface area contributed by atoms with Crippen molar-refractivity contribution >= 4 is 5.91 Å². The standard InChI is InChI=1S/C9H18N2O3/c12-7-1-2-10-3-5-11(6-4-10)9(14)8-13/h12-13H,1-8H2. The van der Waals surface area contributed by atoms with Gasteiger partial charge in [-0.05, 0) is 6.42 Å². The minimum atomic E-state index is -0.392. The van der Waals surface area contributed by atoms with Crippen molar-refractivity contribution < 1.29 is 15.0 Å². The number of aliphatic hydroxyl groups excluding tert-OH is 2. The highest BCUT2D eigenvalue weighted by Gasteiger charge is 2.19. The van der Waals surface area contributed by atoms with Gasteiger partial charge in [0.25, 0.3) is 0 Å². The van der Waals surface area contributed by atoms with Gasteiger partial charge in [-0.2, -0.15) is 0 Å². The highest BCUT2D eigenvalue weighted by atomic mass is 16.3. The highest BCUT2D eigenvalue weighted by molar-refractivity contribution is 5.77. The second-order valence-electron chi connectivity index (χ2n) is 3.46. The fraction of sp³-hybridized carbons (Fsp3) is 0.889. The Kier molecular flexibility index (Phi) is 4.86. The summed E-state index contributed by atoms with van der Waals surface area (Å²) in [5.74, 6) is -0.188. The van der Waals surface area contributed by atoms with Crippen LogP contribution < -0.4 is 0 Å². The van der Waals surface area contributed by atoms with Gasteiger partial charge in [-0.25, -0.2) is 0 Å². The third-order valence-corrected chi connectivity index (χ3v) is 2.49. The molecule has 0 aromatic carbocycles. The molecule has 1 rings (SSSR count). The normalized spacial score (nSPS) is 18.6. The fourth-order valence-corrected chi connectivity index (χ4v) is 1.62. The molecule has 5 nitrogen and oxygen atoms in total. The number of piperazine rings is 1. The summed E-state index contributed by atoms with van der Waals surface area (Å²) >= 11 is 0. The Bertz CT molecular complexity index is 179.